The van der Waals surface area contributed by atoms with Crippen LogP contribution in [0.25, 0.3) is 0 Å². The largest absolute Gasteiger partial charge is 0.443 e. The van der Waals surface area contributed by atoms with Crippen LogP contribution in [-0.2, 0) is 4.74 Å². The molecule has 8 heteroatoms. The summed E-state index contributed by atoms with van der Waals surface area (Å²) in [4.78, 5) is 20.2. The first-order valence-corrected chi connectivity index (χ1v) is 8.39. The number of hydrazine groups is 1. The van der Waals surface area contributed by atoms with Crippen molar-refractivity contribution in [3.63, 3.8) is 0 Å². The van der Waals surface area contributed by atoms with E-state index >= 15 is 0 Å². The number of anilines is 1. The molecule has 0 spiro atoms. The molecule has 1 aliphatic rings. The minimum atomic E-state index is -0.615. The standard InChI is InChI=1S/C16H22ClN5O2/c1-16(2,3)24-15(23)21-22(11-7-5-4-6-8-11)14-12(17)10-19-13(9-18)20-14/h10-11H,4-8H2,1-3H3,(H,21,23). The molecule has 1 amide bonds. The van der Waals surface area contributed by atoms with Crippen LogP contribution in [0.1, 0.15) is 58.7 Å². The van der Waals surface area contributed by atoms with Crippen molar-refractivity contribution in [1.29, 1.82) is 5.26 Å². The molecule has 1 fully saturated rings. The molecule has 24 heavy (non-hydrogen) atoms. The molecule has 1 aromatic rings. The molecule has 1 aliphatic carbocycles. The Balaban J connectivity index is 2.29. The maximum absolute atomic E-state index is 12.2. The first-order valence-electron chi connectivity index (χ1n) is 8.01. The minimum Gasteiger partial charge on any atom is -0.443 e. The Kier molecular flexibility index (Phi) is 5.84. The number of rotatable bonds is 3. The average molecular weight is 352 g/mol. The second-order valence-electron chi connectivity index (χ2n) is 6.75. The van der Waals surface area contributed by atoms with Gasteiger partial charge in [0.05, 0.1) is 12.2 Å². The fraction of sp³-hybridized carbons (Fsp3) is 0.625. The molecular formula is C16H22ClN5O2. The number of amides is 1. The van der Waals surface area contributed by atoms with Crippen LogP contribution in [-0.4, -0.2) is 27.7 Å². The minimum absolute atomic E-state index is 0.00111. The highest BCUT2D eigenvalue weighted by molar-refractivity contribution is 6.32. The van der Waals surface area contributed by atoms with Crippen molar-refractivity contribution in [2.45, 2.75) is 64.5 Å². The fourth-order valence-corrected chi connectivity index (χ4v) is 2.82. The lowest BCUT2D eigenvalue weighted by Gasteiger charge is -2.35. The fourth-order valence-electron chi connectivity index (χ4n) is 2.64. The third-order valence-corrected chi connectivity index (χ3v) is 3.87. The van der Waals surface area contributed by atoms with Gasteiger partial charge >= 0.3 is 6.09 Å². The van der Waals surface area contributed by atoms with E-state index in [-0.39, 0.29) is 16.9 Å². The molecule has 1 saturated carbocycles. The molecule has 1 heterocycles. The number of aromatic nitrogens is 2. The van der Waals surface area contributed by atoms with E-state index in [4.69, 9.17) is 21.6 Å². The molecule has 1 N–H and O–H groups in total. The van der Waals surface area contributed by atoms with Gasteiger partial charge in [0.2, 0.25) is 5.82 Å². The zero-order valence-electron chi connectivity index (χ0n) is 14.2. The van der Waals surface area contributed by atoms with Crippen molar-refractivity contribution in [3.05, 3.63) is 17.0 Å². The van der Waals surface area contributed by atoms with Crippen molar-refractivity contribution in [2.75, 3.05) is 5.01 Å². The Morgan fingerprint density at radius 3 is 2.67 bits per heavy atom. The molecule has 0 aromatic carbocycles. The van der Waals surface area contributed by atoms with Crippen LogP contribution in [0.2, 0.25) is 5.02 Å². The van der Waals surface area contributed by atoms with Gasteiger partial charge in [-0.2, -0.15) is 10.2 Å². The van der Waals surface area contributed by atoms with Gasteiger partial charge in [-0.15, -0.1) is 0 Å². The highest BCUT2D eigenvalue weighted by atomic mass is 35.5. The number of nitrogens with zero attached hydrogens (tertiary/aromatic N) is 4. The molecule has 130 valence electrons. The Morgan fingerprint density at radius 1 is 1.42 bits per heavy atom. The predicted molar refractivity (Wildman–Crippen MR) is 90.5 cm³/mol. The third kappa shape index (κ3) is 4.96. The van der Waals surface area contributed by atoms with Crippen molar-refractivity contribution >= 4 is 23.5 Å². The van der Waals surface area contributed by atoms with Gasteiger partial charge in [0.1, 0.15) is 16.7 Å². The Bertz CT molecular complexity index is 632. The number of nitrogens with one attached hydrogen (secondary N) is 1. The molecule has 1 aromatic heterocycles. The second kappa shape index (κ2) is 7.67. The van der Waals surface area contributed by atoms with E-state index in [9.17, 15) is 4.79 Å². The second-order valence-corrected chi connectivity index (χ2v) is 7.16. The summed E-state index contributed by atoms with van der Waals surface area (Å²) in [6.45, 7) is 5.38. The summed E-state index contributed by atoms with van der Waals surface area (Å²) in [5.74, 6) is 0.321. The van der Waals surface area contributed by atoms with E-state index in [0.29, 0.717) is 5.82 Å². The van der Waals surface area contributed by atoms with Crippen molar-refractivity contribution in [2.24, 2.45) is 0 Å². The first-order chi connectivity index (χ1) is 11.3. The van der Waals surface area contributed by atoms with Crippen molar-refractivity contribution < 1.29 is 9.53 Å². The number of hydrogen-bond donors (Lipinski definition) is 1. The predicted octanol–water partition coefficient (Wildman–Crippen LogP) is 3.58. The van der Waals surface area contributed by atoms with Gasteiger partial charge in [0.25, 0.3) is 0 Å². The molecule has 7 nitrogen and oxygen atoms in total. The van der Waals surface area contributed by atoms with Crippen LogP contribution < -0.4 is 10.4 Å². The number of nitriles is 1. The quantitative estimate of drug-likeness (QED) is 0.837. The molecule has 0 saturated heterocycles. The van der Waals surface area contributed by atoms with Crippen LogP contribution in [0.5, 0.6) is 0 Å². The number of hydrogen-bond acceptors (Lipinski definition) is 6. The van der Waals surface area contributed by atoms with Crippen LogP contribution in [0.3, 0.4) is 0 Å². The van der Waals surface area contributed by atoms with E-state index in [1.54, 1.807) is 25.8 Å². The van der Waals surface area contributed by atoms with Crippen LogP contribution in [0.4, 0.5) is 10.6 Å². The molecule has 2 rings (SSSR count). The molecule has 0 radical (unpaired) electrons. The van der Waals surface area contributed by atoms with Gasteiger partial charge < -0.3 is 4.74 Å². The van der Waals surface area contributed by atoms with E-state index in [2.05, 4.69) is 15.4 Å². The SMILES string of the molecule is CC(C)(C)OC(=O)NN(c1nc(C#N)ncc1Cl)C1CCCCC1. The molecule has 0 unspecified atom stereocenters. The maximum Gasteiger partial charge on any atom is 0.426 e. The molecular weight excluding hydrogens is 330 g/mol. The topological polar surface area (TPSA) is 91.1 Å². The molecule has 0 bridgehead atoms. The zero-order valence-corrected chi connectivity index (χ0v) is 14.9. The van der Waals surface area contributed by atoms with Crippen LogP contribution >= 0.6 is 11.6 Å². The van der Waals surface area contributed by atoms with Crippen LogP contribution in [0, 0.1) is 11.3 Å². The summed E-state index contributed by atoms with van der Waals surface area (Å²) in [5, 5.41) is 10.9. The van der Waals surface area contributed by atoms with Gasteiger partial charge in [0, 0.05) is 0 Å². The van der Waals surface area contributed by atoms with E-state index < -0.39 is 11.7 Å². The summed E-state index contributed by atoms with van der Waals surface area (Å²) in [6.07, 6.45) is 5.87. The highest BCUT2D eigenvalue weighted by Gasteiger charge is 2.28. The number of ether oxygens (including phenoxy) is 1. The molecule has 0 atom stereocenters. The Labute approximate surface area is 146 Å². The highest BCUT2D eigenvalue weighted by Crippen LogP contribution is 2.29. The summed E-state index contributed by atoms with van der Waals surface area (Å²) >= 11 is 6.22. The zero-order chi connectivity index (χ0) is 17.7. The number of halogens is 1. The number of carbonyl (C=O) groups is 1. The smallest absolute Gasteiger partial charge is 0.426 e. The number of carbonyl (C=O) groups excluding carboxylic acids is 1. The average Bonchev–Trinajstić information content (AvgIpc) is 2.52. The van der Waals surface area contributed by atoms with E-state index in [1.807, 2.05) is 6.07 Å². The van der Waals surface area contributed by atoms with Gasteiger partial charge in [-0.25, -0.2) is 15.2 Å². The van der Waals surface area contributed by atoms with E-state index in [1.165, 1.54) is 6.20 Å². The first kappa shape index (κ1) is 18.3. The maximum atomic E-state index is 12.2. The lowest BCUT2D eigenvalue weighted by Crippen LogP contribution is -2.51. The Hall–Kier alpha value is -2.07. The summed E-state index contributed by atoms with van der Waals surface area (Å²) < 4.78 is 5.33. The lowest BCUT2D eigenvalue weighted by atomic mass is 9.95. The lowest BCUT2D eigenvalue weighted by molar-refractivity contribution is 0.0511. The summed E-state index contributed by atoms with van der Waals surface area (Å²) in [6, 6.07) is 1.94. The van der Waals surface area contributed by atoms with Crippen molar-refractivity contribution in [1.82, 2.24) is 15.4 Å². The third-order valence-electron chi connectivity index (χ3n) is 3.60. The summed E-state index contributed by atoms with van der Waals surface area (Å²) in [5.41, 5.74) is 2.12. The van der Waals surface area contributed by atoms with Gasteiger partial charge in [-0.05, 0) is 33.6 Å². The summed E-state index contributed by atoms with van der Waals surface area (Å²) in [7, 11) is 0. The van der Waals surface area contributed by atoms with Gasteiger partial charge in [-0.1, -0.05) is 30.9 Å². The normalized spacial score (nSPS) is 15.5. The van der Waals surface area contributed by atoms with Gasteiger partial charge in [-0.3, -0.25) is 5.01 Å². The van der Waals surface area contributed by atoms with Crippen molar-refractivity contribution in [3.8, 4) is 6.07 Å². The van der Waals surface area contributed by atoms with E-state index in [0.717, 1.165) is 32.1 Å². The van der Waals surface area contributed by atoms with Crippen LogP contribution in [0.15, 0.2) is 6.20 Å². The monoisotopic (exact) mass is 351 g/mol. The molecule has 0 aliphatic heterocycles. The Morgan fingerprint density at radius 2 is 2.08 bits per heavy atom. The van der Waals surface area contributed by atoms with Gasteiger partial charge in [0.15, 0.2) is 5.82 Å².